The van der Waals surface area contributed by atoms with E-state index in [1.807, 2.05) is 39.0 Å². The quantitative estimate of drug-likeness (QED) is 0.747. The van der Waals surface area contributed by atoms with Crippen LogP contribution in [0.2, 0.25) is 0 Å². The molecule has 0 radical (unpaired) electrons. The number of rotatable bonds is 9. The van der Waals surface area contributed by atoms with Gasteiger partial charge in [0.2, 0.25) is 5.91 Å². The summed E-state index contributed by atoms with van der Waals surface area (Å²) in [5.74, 6) is -0.775. The smallest absolute Gasteiger partial charge is 0.235 e. The summed E-state index contributed by atoms with van der Waals surface area (Å²) in [5.41, 5.74) is 2.29. The van der Waals surface area contributed by atoms with Gasteiger partial charge in [0.15, 0.2) is 9.84 Å². The minimum absolute atomic E-state index is 0.0321. The van der Waals surface area contributed by atoms with Crippen molar-refractivity contribution in [3.05, 3.63) is 29.8 Å². The lowest BCUT2D eigenvalue weighted by atomic mass is 10.2. The van der Waals surface area contributed by atoms with Crippen LogP contribution in [-0.2, 0) is 14.6 Å². The van der Waals surface area contributed by atoms with Crippen molar-refractivity contribution in [3.8, 4) is 0 Å². The van der Waals surface area contributed by atoms with E-state index in [0.717, 1.165) is 12.2 Å². The molecule has 0 aliphatic carbocycles. The molecule has 0 spiro atoms. The largest absolute Gasteiger partial charge is 0.370 e. The van der Waals surface area contributed by atoms with Gasteiger partial charge in [0.05, 0.1) is 5.75 Å². The minimum Gasteiger partial charge on any atom is -0.370 e. The van der Waals surface area contributed by atoms with Crippen LogP contribution in [-0.4, -0.2) is 45.5 Å². The average molecular weight is 340 g/mol. The Morgan fingerprint density at radius 1 is 1.30 bits per heavy atom. The molecule has 1 N–H and O–H groups in total. The van der Waals surface area contributed by atoms with E-state index in [-0.39, 0.29) is 11.7 Å². The van der Waals surface area contributed by atoms with Crippen LogP contribution < -0.4 is 10.2 Å². The van der Waals surface area contributed by atoms with Gasteiger partial charge < -0.3 is 10.2 Å². The zero-order valence-corrected chi connectivity index (χ0v) is 15.3. The predicted octanol–water partition coefficient (Wildman–Crippen LogP) is 2.01. The Hall–Kier alpha value is -1.56. The normalized spacial score (nSPS) is 11.5. The molecule has 5 nitrogen and oxygen atoms in total. The number of aryl methyl sites for hydroxylation is 1. The highest BCUT2D eigenvalue weighted by atomic mass is 32.2. The van der Waals surface area contributed by atoms with Crippen molar-refractivity contribution in [2.45, 2.75) is 27.7 Å². The maximum absolute atomic E-state index is 11.8. The number of nitrogens with zero attached hydrogens (tertiary/aromatic N) is 1. The molecule has 1 aromatic rings. The molecular weight excluding hydrogens is 312 g/mol. The third-order valence-electron chi connectivity index (χ3n) is 3.39. The van der Waals surface area contributed by atoms with Crippen molar-refractivity contribution in [1.82, 2.24) is 5.32 Å². The van der Waals surface area contributed by atoms with E-state index in [2.05, 4.69) is 23.2 Å². The van der Waals surface area contributed by atoms with Crippen LogP contribution in [0.1, 0.15) is 26.3 Å². The average Bonchev–Trinajstić information content (AvgIpc) is 2.41. The maximum Gasteiger partial charge on any atom is 0.235 e. The summed E-state index contributed by atoms with van der Waals surface area (Å²) < 4.78 is 23.6. The summed E-state index contributed by atoms with van der Waals surface area (Å²) >= 11 is 0. The number of nitrogens with one attached hydrogen (secondary N) is 1. The van der Waals surface area contributed by atoms with Crippen LogP contribution in [0.3, 0.4) is 0 Å². The van der Waals surface area contributed by atoms with E-state index >= 15 is 0 Å². The molecule has 23 heavy (non-hydrogen) atoms. The van der Waals surface area contributed by atoms with Gasteiger partial charge in [-0.15, -0.1) is 0 Å². The Balaban J connectivity index is 2.47. The molecule has 6 heteroatoms. The van der Waals surface area contributed by atoms with Gasteiger partial charge in [0.25, 0.3) is 0 Å². The van der Waals surface area contributed by atoms with E-state index in [9.17, 15) is 13.2 Å². The highest BCUT2D eigenvalue weighted by Crippen LogP contribution is 2.14. The van der Waals surface area contributed by atoms with Crippen molar-refractivity contribution in [2.75, 3.05) is 36.0 Å². The second-order valence-electron chi connectivity index (χ2n) is 6.22. The lowest BCUT2D eigenvalue weighted by Gasteiger charge is -2.23. The fourth-order valence-electron chi connectivity index (χ4n) is 2.44. The van der Waals surface area contributed by atoms with E-state index < -0.39 is 21.5 Å². The zero-order valence-electron chi connectivity index (χ0n) is 14.5. The summed E-state index contributed by atoms with van der Waals surface area (Å²) in [5, 5.41) is 2.70. The van der Waals surface area contributed by atoms with Crippen LogP contribution in [0.5, 0.6) is 0 Å². The topological polar surface area (TPSA) is 66.5 Å². The monoisotopic (exact) mass is 340 g/mol. The van der Waals surface area contributed by atoms with Gasteiger partial charge in [-0.05, 0) is 37.5 Å². The standard InChI is InChI=1S/C17H28N2O3S/c1-5-19(16-8-6-7-15(4)11-16)10-9-18-17(20)13-23(21,22)12-14(2)3/h6-8,11,14H,5,9-10,12-13H2,1-4H3,(H,18,20). The number of likely N-dealkylation sites (N-methyl/N-ethyl adjacent to an activating group) is 1. The Labute approximate surface area is 140 Å². The van der Waals surface area contributed by atoms with Crippen LogP contribution in [0, 0.1) is 12.8 Å². The highest BCUT2D eigenvalue weighted by molar-refractivity contribution is 7.92. The first-order chi connectivity index (χ1) is 10.7. The second-order valence-corrected chi connectivity index (χ2v) is 8.33. The molecule has 130 valence electrons. The molecule has 0 heterocycles. The van der Waals surface area contributed by atoms with Crippen molar-refractivity contribution < 1.29 is 13.2 Å². The summed E-state index contributed by atoms with van der Waals surface area (Å²) in [7, 11) is -3.32. The molecule has 0 saturated carbocycles. The molecule has 1 aromatic carbocycles. The fourth-order valence-corrected chi connectivity index (χ4v) is 4.08. The molecule has 0 aliphatic rings. The van der Waals surface area contributed by atoms with Crippen LogP contribution in [0.4, 0.5) is 5.69 Å². The third kappa shape index (κ3) is 7.50. The number of sulfone groups is 1. The van der Waals surface area contributed by atoms with Gasteiger partial charge >= 0.3 is 0 Å². The summed E-state index contributed by atoms with van der Waals surface area (Å²) in [6.45, 7) is 9.65. The molecule has 0 saturated heterocycles. The van der Waals surface area contributed by atoms with Gasteiger partial charge in [-0.1, -0.05) is 26.0 Å². The number of hydrogen-bond donors (Lipinski definition) is 1. The number of hydrogen-bond acceptors (Lipinski definition) is 4. The first-order valence-corrected chi connectivity index (χ1v) is 9.84. The number of amides is 1. The molecule has 0 aliphatic heterocycles. The van der Waals surface area contributed by atoms with Crippen molar-refractivity contribution in [1.29, 1.82) is 0 Å². The van der Waals surface area contributed by atoms with Gasteiger partial charge in [-0.2, -0.15) is 0 Å². The van der Waals surface area contributed by atoms with Crippen LogP contribution in [0.15, 0.2) is 24.3 Å². The fraction of sp³-hybridized carbons (Fsp3) is 0.588. The molecule has 0 bridgehead atoms. The number of carbonyl (C=O) groups is 1. The van der Waals surface area contributed by atoms with E-state index in [1.54, 1.807) is 0 Å². The Bertz CT molecular complexity index is 612. The molecule has 0 atom stereocenters. The molecular formula is C17H28N2O3S. The summed E-state index contributed by atoms with van der Waals surface area (Å²) in [6, 6.07) is 8.17. The Morgan fingerprint density at radius 3 is 2.57 bits per heavy atom. The van der Waals surface area contributed by atoms with Gasteiger partial charge in [0.1, 0.15) is 5.75 Å². The predicted molar refractivity (Wildman–Crippen MR) is 95.6 cm³/mol. The second kappa shape index (κ2) is 8.91. The highest BCUT2D eigenvalue weighted by Gasteiger charge is 2.18. The molecule has 1 amide bonds. The van der Waals surface area contributed by atoms with Gasteiger partial charge in [-0.25, -0.2) is 8.42 Å². The Morgan fingerprint density at radius 2 is 2.00 bits per heavy atom. The lowest BCUT2D eigenvalue weighted by molar-refractivity contribution is -0.118. The lowest BCUT2D eigenvalue weighted by Crippen LogP contribution is -2.38. The summed E-state index contributed by atoms with van der Waals surface area (Å²) in [4.78, 5) is 13.9. The minimum atomic E-state index is -3.32. The van der Waals surface area contributed by atoms with E-state index in [1.165, 1.54) is 5.56 Å². The van der Waals surface area contributed by atoms with E-state index in [0.29, 0.717) is 13.1 Å². The first kappa shape index (κ1) is 19.5. The van der Waals surface area contributed by atoms with Crippen LogP contribution in [0.25, 0.3) is 0 Å². The molecule has 0 aromatic heterocycles. The number of benzene rings is 1. The van der Waals surface area contributed by atoms with Crippen molar-refractivity contribution in [3.63, 3.8) is 0 Å². The third-order valence-corrected chi connectivity index (χ3v) is 5.27. The number of anilines is 1. The van der Waals surface area contributed by atoms with Gasteiger partial charge in [-0.3, -0.25) is 4.79 Å². The Kier molecular flexibility index (Phi) is 7.55. The maximum atomic E-state index is 11.8. The van der Waals surface area contributed by atoms with Crippen LogP contribution >= 0.6 is 0 Å². The van der Waals surface area contributed by atoms with E-state index in [4.69, 9.17) is 0 Å². The molecule has 0 fully saturated rings. The first-order valence-electron chi connectivity index (χ1n) is 8.02. The van der Waals surface area contributed by atoms with Gasteiger partial charge in [0, 0.05) is 25.3 Å². The van der Waals surface area contributed by atoms with Crippen molar-refractivity contribution >= 4 is 21.4 Å². The molecule has 1 rings (SSSR count). The SMILES string of the molecule is CCN(CCNC(=O)CS(=O)(=O)CC(C)C)c1cccc(C)c1. The van der Waals surface area contributed by atoms with Crippen molar-refractivity contribution in [2.24, 2.45) is 5.92 Å². The number of carbonyl (C=O) groups excluding carboxylic acids is 1. The molecule has 0 unspecified atom stereocenters. The summed E-state index contributed by atoms with van der Waals surface area (Å²) in [6.07, 6.45) is 0. The zero-order chi connectivity index (χ0) is 17.5.